The van der Waals surface area contributed by atoms with Crippen molar-refractivity contribution in [2.75, 3.05) is 0 Å². The third kappa shape index (κ3) is 2.80. The maximum absolute atomic E-state index is 12.6. The molecule has 0 unspecified atom stereocenters. The summed E-state index contributed by atoms with van der Waals surface area (Å²) in [4.78, 5) is 22.9. The highest BCUT2D eigenvalue weighted by atomic mass is 16.6. The first-order valence-corrected chi connectivity index (χ1v) is 10.8. The number of aromatic nitrogens is 2. The summed E-state index contributed by atoms with van der Waals surface area (Å²) in [5, 5.41) is 15.7. The molecule has 164 valence electrons. The van der Waals surface area contributed by atoms with E-state index in [1.165, 1.54) is 35.5 Å². The minimum atomic E-state index is -0.517. The van der Waals surface area contributed by atoms with Gasteiger partial charge in [0.2, 0.25) is 0 Å². The van der Waals surface area contributed by atoms with Crippen molar-refractivity contribution in [3.63, 3.8) is 0 Å². The Labute approximate surface area is 186 Å². The number of nitro benzene ring substituents is 1. The van der Waals surface area contributed by atoms with Gasteiger partial charge in [-0.3, -0.25) is 10.1 Å². The van der Waals surface area contributed by atoms with Crippen molar-refractivity contribution < 1.29 is 14.5 Å². The summed E-state index contributed by atoms with van der Waals surface area (Å²) >= 11 is 0. The predicted octanol–water partition coefficient (Wildman–Crippen LogP) is 5.31. The van der Waals surface area contributed by atoms with Crippen molar-refractivity contribution in [3.8, 4) is 5.69 Å². The molecule has 0 radical (unpaired) electrons. The van der Waals surface area contributed by atoms with Crippen molar-refractivity contribution >= 4 is 11.7 Å². The minimum Gasteiger partial charge on any atom is -0.455 e. The Morgan fingerprint density at radius 1 is 1.16 bits per heavy atom. The van der Waals surface area contributed by atoms with Gasteiger partial charge in [0.25, 0.3) is 5.69 Å². The lowest BCUT2D eigenvalue weighted by molar-refractivity contribution is -0.384. The molecule has 1 saturated carbocycles. The maximum Gasteiger partial charge on any atom is 0.338 e. The van der Waals surface area contributed by atoms with E-state index >= 15 is 0 Å². The summed E-state index contributed by atoms with van der Waals surface area (Å²) in [7, 11) is 0. The number of para-hydroxylation sites is 1. The number of benzene rings is 2. The van der Waals surface area contributed by atoms with E-state index in [2.05, 4.69) is 20.8 Å². The average molecular weight is 431 g/mol. The van der Waals surface area contributed by atoms with Crippen LogP contribution < -0.4 is 0 Å². The average Bonchev–Trinajstić information content (AvgIpc) is 3.34. The van der Waals surface area contributed by atoms with Crippen molar-refractivity contribution in [3.05, 3.63) is 87.2 Å². The van der Waals surface area contributed by atoms with Gasteiger partial charge in [-0.05, 0) is 48.4 Å². The van der Waals surface area contributed by atoms with Gasteiger partial charge >= 0.3 is 5.97 Å². The molecule has 2 atom stereocenters. The molecule has 0 saturated heterocycles. The molecule has 1 heterocycles. The normalized spacial score (nSPS) is 22.5. The van der Waals surface area contributed by atoms with Crippen LogP contribution in [0.4, 0.5) is 5.69 Å². The van der Waals surface area contributed by atoms with Crippen molar-refractivity contribution in [1.82, 2.24) is 9.78 Å². The van der Waals surface area contributed by atoms with Crippen LogP contribution >= 0.6 is 0 Å². The Morgan fingerprint density at radius 2 is 1.84 bits per heavy atom. The fourth-order valence-corrected chi connectivity index (χ4v) is 5.60. The molecule has 0 spiro atoms. The molecular weight excluding hydrogens is 406 g/mol. The molecule has 2 aliphatic carbocycles. The van der Waals surface area contributed by atoms with E-state index in [0.29, 0.717) is 5.92 Å². The summed E-state index contributed by atoms with van der Waals surface area (Å²) < 4.78 is 7.65. The largest absolute Gasteiger partial charge is 0.455 e. The fourth-order valence-electron chi connectivity index (χ4n) is 5.60. The van der Waals surface area contributed by atoms with Gasteiger partial charge < -0.3 is 4.74 Å². The van der Waals surface area contributed by atoms with E-state index in [1.54, 1.807) is 0 Å². The van der Waals surface area contributed by atoms with Crippen LogP contribution in [0, 0.1) is 15.5 Å². The zero-order valence-corrected chi connectivity index (χ0v) is 18.4. The van der Waals surface area contributed by atoms with Crippen LogP contribution in [0.2, 0.25) is 0 Å². The Morgan fingerprint density at radius 3 is 2.50 bits per heavy atom. The number of fused-ring (bicyclic) bond motifs is 5. The molecule has 2 aliphatic rings. The quantitative estimate of drug-likeness (QED) is 0.310. The van der Waals surface area contributed by atoms with Crippen LogP contribution in [0.15, 0.2) is 54.6 Å². The molecule has 7 heteroatoms. The molecule has 32 heavy (non-hydrogen) atoms. The second-order valence-corrected chi connectivity index (χ2v) is 9.48. The number of carbonyl (C=O) groups is 1. The Bertz CT molecular complexity index is 1210. The van der Waals surface area contributed by atoms with E-state index in [-0.39, 0.29) is 28.7 Å². The molecule has 7 nitrogen and oxygen atoms in total. The van der Waals surface area contributed by atoms with Gasteiger partial charge in [0.15, 0.2) is 0 Å². The maximum atomic E-state index is 12.6. The second-order valence-electron chi connectivity index (χ2n) is 9.48. The first kappa shape index (κ1) is 20.4. The van der Waals surface area contributed by atoms with Gasteiger partial charge in [-0.25, -0.2) is 9.48 Å². The summed E-state index contributed by atoms with van der Waals surface area (Å²) in [6, 6.07) is 15.5. The first-order valence-electron chi connectivity index (χ1n) is 10.8. The molecule has 0 amide bonds. The first-order chi connectivity index (χ1) is 15.2. The van der Waals surface area contributed by atoms with Gasteiger partial charge in [-0.15, -0.1) is 0 Å². The standard InChI is InChI=1S/C25H25N3O4/c1-24(2)19-13-14-25(24,3)22-21(19)20(26-27(22)17-7-5-4-6-8-17)15-32-23(29)16-9-11-18(12-10-16)28(30)31/h4-12,19H,13-15H2,1-3H3/t19-,25-/m0/s1. The lowest BCUT2D eigenvalue weighted by Gasteiger charge is -2.35. The number of nitro groups is 1. The highest BCUT2D eigenvalue weighted by molar-refractivity contribution is 5.89. The highest BCUT2D eigenvalue weighted by Gasteiger charge is 2.62. The lowest BCUT2D eigenvalue weighted by Crippen LogP contribution is -2.33. The molecule has 0 N–H and O–H groups in total. The molecular formula is C25H25N3O4. The number of hydrogen-bond donors (Lipinski definition) is 0. The van der Waals surface area contributed by atoms with E-state index in [9.17, 15) is 14.9 Å². The number of nitrogens with zero attached hydrogens (tertiary/aromatic N) is 3. The number of ether oxygens (including phenoxy) is 1. The van der Waals surface area contributed by atoms with Gasteiger partial charge in [0.05, 0.1) is 21.9 Å². The van der Waals surface area contributed by atoms with E-state index in [4.69, 9.17) is 9.84 Å². The molecule has 1 fully saturated rings. The van der Waals surface area contributed by atoms with Crippen LogP contribution in [-0.4, -0.2) is 20.7 Å². The van der Waals surface area contributed by atoms with Gasteiger partial charge in [0.1, 0.15) is 12.3 Å². The number of carbonyl (C=O) groups excluding carboxylic acids is 1. The molecule has 2 bridgehead atoms. The topological polar surface area (TPSA) is 87.3 Å². The van der Waals surface area contributed by atoms with Crippen molar-refractivity contribution in [1.29, 1.82) is 0 Å². The van der Waals surface area contributed by atoms with Crippen molar-refractivity contribution in [2.45, 2.75) is 51.6 Å². The fraction of sp³-hybridized carbons (Fsp3) is 0.360. The Hall–Kier alpha value is -3.48. The predicted molar refractivity (Wildman–Crippen MR) is 119 cm³/mol. The number of esters is 1. The van der Waals surface area contributed by atoms with Gasteiger partial charge in [-0.1, -0.05) is 39.0 Å². The van der Waals surface area contributed by atoms with Gasteiger partial charge in [-0.2, -0.15) is 5.10 Å². The van der Waals surface area contributed by atoms with E-state index < -0.39 is 10.9 Å². The van der Waals surface area contributed by atoms with E-state index in [0.717, 1.165) is 24.2 Å². The third-order valence-corrected chi connectivity index (χ3v) is 7.75. The van der Waals surface area contributed by atoms with Crippen LogP contribution in [0.25, 0.3) is 5.69 Å². The summed E-state index contributed by atoms with van der Waals surface area (Å²) in [6.45, 7) is 7.05. The van der Waals surface area contributed by atoms with E-state index in [1.807, 2.05) is 35.0 Å². The number of hydrogen-bond acceptors (Lipinski definition) is 5. The van der Waals surface area contributed by atoms with Crippen LogP contribution in [-0.2, 0) is 16.8 Å². The lowest BCUT2D eigenvalue weighted by atomic mass is 9.70. The van der Waals surface area contributed by atoms with Gasteiger partial charge in [0, 0.05) is 23.1 Å². The zero-order valence-electron chi connectivity index (χ0n) is 18.4. The SMILES string of the molecule is CC1(C)[C@H]2CC[C@@]1(C)c1c2c(COC(=O)c2ccc([N+](=O)[O-])cc2)nn1-c1ccccc1. The van der Waals surface area contributed by atoms with Crippen LogP contribution in [0.5, 0.6) is 0 Å². The Kier molecular flexibility index (Phi) is 4.48. The van der Waals surface area contributed by atoms with Crippen LogP contribution in [0.3, 0.4) is 0 Å². The monoisotopic (exact) mass is 431 g/mol. The smallest absolute Gasteiger partial charge is 0.338 e. The summed E-state index contributed by atoms with van der Waals surface area (Å²) in [6.07, 6.45) is 2.21. The Balaban J connectivity index is 1.48. The molecule has 3 aromatic rings. The minimum absolute atomic E-state index is 0.00351. The molecule has 5 rings (SSSR count). The van der Waals surface area contributed by atoms with Crippen molar-refractivity contribution in [2.24, 2.45) is 5.41 Å². The number of rotatable bonds is 5. The number of non-ortho nitro benzene ring substituents is 1. The van der Waals surface area contributed by atoms with Crippen LogP contribution in [0.1, 0.15) is 66.8 Å². The molecule has 0 aliphatic heterocycles. The molecule has 1 aromatic heterocycles. The summed E-state index contributed by atoms with van der Waals surface area (Å²) in [5.41, 5.74) is 4.54. The third-order valence-electron chi connectivity index (χ3n) is 7.75. The summed E-state index contributed by atoms with van der Waals surface area (Å²) in [5.74, 6) is -0.149. The zero-order chi connectivity index (χ0) is 22.7. The second kappa shape index (κ2) is 7.02. The highest BCUT2D eigenvalue weighted by Crippen LogP contribution is 2.68. The molecule has 2 aromatic carbocycles.